The fourth-order valence-corrected chi connectivity index (χ4v) is 2.61. The number of thiophene rings is 1. The lowest BCUT2D eigenvalue weighted by atomic mass is 9.73. The van der Waals surface area contributed by atoms with Crippen LogP contribution in [-0.2, 0) is 5.54 Å². The van der Waals surface area contributed by atoms with Crippen LogP contribution in [0, 0.1) is 11.3 Å². The number of nitrogens with zero attached hydrogens (tertiary/aromatic N) is 1. The smallest absolute Gasteiger partial charge is 0.252 e. The molecule has 0 amide bonds. The van der Waals surface area contributed by atoms with Gasteiger partial charge in [-0.1, -0.05) is 0 Å². The van der Waals surface area contributed by atoms with E-state index in [9.17, 15) is 8.78 Å². The molecule has 0 bridgehead atoms. The third kappa shape index (κ3) is 1.41. The van der Waals surface area contributed by atoms with E-state index in [0.29, 0.717) is 9.75 Å². The summed E-state index contributed by atoms with van der Waals surface area (Å²) in [6.07, 6.45) is -0.628. The molecule has 74 valence electrons. The minimum atomic E-state index is -2.63. The molecule has 1 aliphatic rings. The Morgan fingerprint density at radius 1 is 1.43 bits per heavy atom. The van der Waals surface area contributed by atoms with Crippen LogP contribution in [-0.4, -0.2) is 5.92 Å². The zero-order valence-corrected chi connectivity index (χ0v) is 8.07. The van der Waals surface area contributed by atoms with Crippen molar-refractivity contribution in [3.05, 3.63) is 21.9 Å². The molecule has 14 heavy (non-hydrogen) atoms. The van der Waals surface area contributed by atoms with Gasteiger partial charge in [0.25, 0.3) is 5.92 Å². The summed E-state index contributed by atoms with van der Waals surface area (Å²) in [5.41, 5.74) is 4.88. The van der Waals surface area contributed by atoms with Gasteiger partial charge in [-0.15, -0.1) is 11.3 Å². The summed E-state index contributed by atoms with van der Waals surface area (Å²) in [5, 5.41) is 8.58. The lowest BCUT2D eigenvalue weighted by Gasteiger charge is -2.43. The van der Waals surface area contributed by atoms with Gasteiger partial charge in [0.2, 0.25) is 0 Å². The molecule has 1 aromatic heterocycles. The van der Waals surface area contributed by atoms with Crippen LogP contribution >= 0.6 is 11.3 Å². The molecular formula is C9H8F2N2S. The summed E-state index contributed by atoms with van der Waals surface area (Å²) >= 11 is 1.20. The molecule has 1 heterocycles. The largest absolute Gasteiger partial charge is 0.320 e. The van der Waals surface area contributed by atoms with Gasteiger partial charge in [0.1, 0.15) is 10.9 Å². The van der Waals surface area contributed by atoms with Crippen LogP contribution in [0.1, 0.15) is 22.6 Å². The van der Waals surface area contributed by atoms with Crippen molar-refractivity contribution in [2.45, 2.75) is 24.3 Å². The van der Waals surface area contributed by atoms with Gasteiger partial charge in [-0.3, -0.25) is 0 Å². The van der Waals surface area contributed by atoms with Gasteiger partial charge >= 0.3 is 0 Å². The third-order valence-corrected chi connectivity index (χ3v) is 3.56. The first-order valence-electron chi connectivity index (χ1n) is 4.12. The Kier molecular flexibility index (Phi) is 1.88. The van der Waals surface area contributed by atoms with Crippen molar-refractivity contribution in [2.24, 2.45) is 5.73 Å². The van der Waals surface area contributed by atoms with Gasteiger partial charge in [-0.05, 0) is 12.1 Å². The van der Waals surface area contributed by atoms with E-state index in [0.717, 1.165) is 0 Å². The molecule has 0 aromatic carbocycles. The molecule has 2 rings (SSSR count). The Morgan fingerprint density at radius 2 is 2.07 bits per heavy atom. The maximum Gasteiger partial charge on any atom is 0.252 e. The molecule has 1 aromatic rings. The van der Waals surface area contributed by atoms with Gasteiger partial charge in [-0.2, -0.15) is 5.26 Å². The lowest BCUT2D eigenvalue weighted by Crippen LogP contribution is -2.55. The van der Waals surface area contributed by atoms with Gasteiger partial charge in [0.05, 0.1) is 5.54 Å². The fourth-order valence-electron chi connectivity index (χ4n) is 1.71. The lowest BCUT2D eigenvalue weighted by molar-refractivity contribution is -0.123. The van der Waals surface area contributed by atoms with Crippen LogP contribution in [0.25, 0.3) is 0 Å². The Labute approximate surface area is 84.0 Å². The molecule has 0 aliphatic heterocycles. The normalized spacial score (nSPS) is 22.4. The van der Waals surface area contributed by atoms with Crippen LogP contribution in [0.15, 0.2) is 12.1 Å². The number of nitriles is 1. The van der Waals surface area contributed by atoms with Gasteiger partial charge in [0, 0.05) is 17.7 Å². The SMILES string of the molecule is N#Cc1ccc(C2(N)CC(F)(F)C2)s1. The third-order valence-electron chi connectivity index (χ3n) is 2.36. The summed E-state index contributed by atoms with van der Waals surface area (Å²) in [6.45, 7) is 0. The summed E-state index contributed by atoms with van der Waals surface area (Å²) in [6, 6.07) is 5.25. The zero-order chi connectivity index (χ0) is 10.4. The molecule has 1 saturated carbocycles. The standard InChI is InChI=1S/C9H8F2N2S/c10-9(11)4-8(13,5-9)7-2-1-6(3-12)14-7/h1-2H,4-5,13H2. The summed E-state index contributed by atoms with van der Waals surface area (Å²) in [5.74, 6) is -2.63. The molecule has 2 N–H and O–H groups in total. The number of rotatable bonds is 1. The predicted octanol–water partition coefficient (Wildman–Crippen LogP) is 2.20. The highest BCUT2D eigenvalue weighted by Gasteiger charge is 2.55. The second-order valence-corrected chi connectivity index (χ2v) is 4.73. The Morgan fingerprint density at radius 3 is 2.50 bits per heavy atom. The Bertz CT molecular complexity index is 397. The highest BCUT2D eigenvalue weighted by molar-refractivity contribution is 7.12. The van der Waals surface area contributed by atoms with Crippen LogP contribution in [0.3, 0.4) is 0 Å². The molecular weight excluding hydrogens is 206 g/mol. The first kappa shape index (κ1) is 9.56. The Balaban J connectivity index is 2.22. The minimum absolute atomic E-state index is 0.314. The monoisotopic (exact) mass is 214 g/mol. The Hall–Kier alpha value is -0.990. The number of hydrogen-bond donors (Lipinski definition) is 1. The van der Waals surface area contributed by atoms with Crippen LogP contribution < -0.4 is 5.73 Å². The topological polar surface area (TPSA) is 49.8 Å². The molecule has 1 fully saturated rings. The predicted molar refractivity (Wildman–Crippen MR) is 49.1 cm³/mol. The van der Waals surface area contributed by atoms with Gasteiger partial charge in [0.15, 0.2) is 0 Å². The molecule has 0 radical (unpaired) electrons. The van der Waals surface area contributed by atoms with Crippen LogP contribution in [0.2, 0.25) is 0 Å². The second kappa shape index (κ2) is 2.75. The molecule has 5 heteroatoms. The van der Waals surface area contributed by atoms with Crippen molar-refractivity contribution < 1.29 is 8.78 Å². The first-order chi connectivity index (χ1) is 6.45. The van der Waals surface area contributed by atoms with Crippen LogP contribution in [0.4, 0.5) is 8.78 Å². The van der Waals surface area contributed by atoms with Crippen molar-refractivity contribution in [3.8, 4) is 6.07 Å². The maximum atomic E-state index is 12.7. The maximum absolute atomic E-state index is 12.7. The van der Waals surface area contributed by atoms with E-state index >= 15 is 0 Å². The summed E-state index contributed by atoms with van der Waals surface area (Å²) < 4.78 is 25.3. The molecule has 0 saturated heterocycles. The van der Waals surface area contributed by atoms with E-state index in [1.54, 1.807) is 12.1 Å². The van der Waals surface area contributed by atoms with E-state index in [1.807, 2.05) is 6.07 Å². The summed E-state index contributed by atoms with van der Waals surface area (Å²) in [7, 11) is 0. The molecule has 0 unspecified atom stereocenters. The average molecular weight is 214 g/mol. The average Bonchev–Trinajstić information content (AvgIpc) is 2.48. The van der Waals surface area contributed by atoms with E-state index in [-0.39, 0.29) is 12.8 Å². The quantitative estimate of drug-likeness (QED) is 0.779. The van der Waals surface area contributed by atoms with E-state index in [1.165, 1.54) is 11.3 Å². The summed E-state index contributed by atoms with van der Waals surface area (Å²) in [4.78, 5) is 1.19. The second-order valence-electron chi connectivity index (χ2n) is 3.64. The fraction of sp³-hybridized carbons (Fsp3) is 0.444. The first-order valence-corrected chi connectivity index (χ1v) is 4.94. The van der Waals surface area contributed by atoms with Crippen molar-refractivity contribution in [3.63, 3.8) is 0 Å². The van der Waals surface area contributed by atoms with Crippen molar-refractivity contribution in [1.29, 1.82) is 5.26 Å². The molecule has 2 nitrogen and oxygen atoms in total. The van der Waals surface area contributed by atoms with Crippen molar-refractivity contribution in [2.75, 3.05) is 0 Å². The van der Waals surface area contributed by atoms with Crippen molar-refractivity contribution >= 4 is 11.3 Å². The van der Waals surface area contributed by atoms with Gasteiger partial charge in [-0.25, -0.2) is 8.78 Å². The van der Waals surface area contributed by atoms with E-state index < -0.39 is 11.5 Å². The number of hydrogen-bond acceptors (Lipinski definition) is 3. The zero-order valence-electron chi connectivity index (χ0n) is 7.26. The minimum Gasteiger partial charge on any atom is -0.320 e. The molecule has 1 aliphatic carbocycles. The van der Waals surface area contributed by atoms with Crippen LogP contribution in [0.5, 0.6) is 0 Å². The van der Waals surface area contributed by atoms with Gasteiger partial charge < -0.3 is 5.73 Å². The number of alkyl halides is 2. The highest BCUT2D eigenvalue weighted by atomic mass is 32.1. The van der Waals surface area contributed by atoms with Crippen molar-refractivity contribution in [1.82, 2.24) is 0 Å². The molecule has 0 atom stereocenters. The van der Waals surface area contributed by atoms with E-state index in [4.69, 9.17) is 11.0 Å². The highest BCUT2D eigenvalue weighted by Crippen LogP contribution is 2.51. The number of nitrogens with two attached hydrogens (primary N) is 1. The van der Waals surface area contributed by atoms with E-state index in [2.05, 4.69) is 0 Å². The molecule has 0 spiro atoms. The number of halogens is 2.